The van der Waals surface area contributed by atoms with Gasteiger partial charge >= 0.3 is 0 Å². The van der Waals surface area contributed by atoms with E-state index in [1.165, 1.54) is 6.42 Å². The highest BCUT2D eigenvalue weighted by atomic mass is 16.3. The number of aliphatic hydroxyl groups is 1. The molecule has 0 bridgehead atoms. The van der Waals surface area contributed by atoms with Crippen molar-refractivity contribution in [2.45, 2.75) is 69.9 Å². The van der Waals surface area contributed by atoms with Crippen LogP contribution in [-0.2, 0) is 4.79 Å². The van der Waals surface area contributed by atoms with Crippen molar-refractivity contribution in [2.75, 3.05) is 13.2 Å². The van der Waals surface area contributed by atoms with E-state index in [1.54, 1.807) is 0 Å². The average molecular weight is 268 g/mol. The van der Waals surface area contributed by atoms with Crippen molar-refractivity contribution >= 4 is 5.91 Å². The third-order valence-corrected chi connectivity index (χ3v) is 4.76. The van der Waals surface area contributed by atoms with E-state index in [9.17, 15) is 4.79 Å². The van der Waals surface area contributed by atoms with Crippen molar-refractivity contribution < 1.29 is 9.90 Å². The number of likely N-dealkylation sites (tertiary alicyclic amines) is 1. The zero-order valence-electron chi connectivity index (χ0n) is 11.9. The van der Waals surface area contributed by atoms with Crippen LogP contribution in [0, 0.1) is 5.92 Å². The maximum atomic E-state index is 12.4. The van der Waals surface area contributed by atoms with Crippen LogP contribution in [0.25, 0.3) is 0 Å². The molecule has 0 spiro atoms. The minimum atomic E-state index is 0.187. The molecule has 3 N–H and O–H groups in total. The van der Waals surface area contributed by atoms with Gasteiger partial charge in [-0.05, 0) is 57.3 Å². The minimum Gasteiger partial charge on any atom is -0.396 e. The van der Waals surface area contributed by atoms with Crippen LogP contribution in [0.2, 0.25) is 0 Å². The molecule has 2 fully saturated rings. The van der Waals surface area contributed by atoms with Gasteiger partial charge in [0, 0.05) is 31.7 Å². The van der Waals surface area contributed by atoms with Crippen molar-refractivity contribution in [3.63, 3.8) is 0 Å². The van der Waals surface area contributed by atoms with Gasteiger partial charge in [0.25, 0.3) is 0 Å². The van der Waals surface area contributed by atoms with Gasteiger partial charge in [-0.1, -0.05) is 0 Å². The molecule has 2 aliphatic rings. The molecule has 0 aromatic heterocycles. The first-order valence-corrected chi connectivity index (χ1v) is 7.86. The van der Waals surface area contributed by atoms with Crippen LogP contribution in [0.4, 0.5) is 0 Å². The Morgan fingerprint density at radius 1 is 1.16 bits per heavy atom. The highest BCUT2D eigenvalue weighted by Crippen LogP contribution is 2.28. The lowest BCUT2D eigenvalue weighted by molar-refractivity contribution is -0.136. The number of nitrogens with zero attached hydrogens (tertiary/aromatic N) is 1. The smallest absolute Gasteiger partial charge is 0.223 e. The summed E-state index contributed by atoms with van der Waals surface area (Å²) in [7, 11) is 0. The first-order valence-electron chi connectivity index (χ1n) is 7.86. The Bertz CT molecular complexity index is 286. The number of rotatable bonds is 4. The second-order valence-corrected chi connectivity index (χ2v) is 6.23. The van der Waals surface area contributed by atoms with Gasteiger partial charge in [0.05, 0.1) is 0 Å². The topological polar surface area (TPSA) is 66.6 Å². The lowest BCUT2D eigenvalue weighted by Gasteiger charge is -2.37. The molecule has 0 aromatic carbocycles. The molecule has 0 aromatic rings. The summed E-state index contributed by atoms with van der Waals surface area (Å²) in [5, 5.41) is 9.12. The van der Waals surface area contributed by atoms with E-state index < -0.39 is 0 Å². The first kappa shape index (κ1) is 14.8. The highest BCUT2D eigenvalue weighted by Gasteiger charge is 2.29. The lowest BCUT2D eigenvalue weighted by Crippen LogP contribution is -2.45. The average Bonchev–Trinajstić information content (AvgIpc) is 2.42. The third-order valence-electron chi connectivity index (χ3n) is 4.76. The molecule has 0 radical (unpaired) electrons. The number of piperidine rings is 1. The largest absolute Gasteiger partial charge is 0.396 e. The molecule has 110 valence electrons. The molecule has 2 rings (SSSR count). The van der Waals surface area contributed by atoms with Crippen molar-refractivity contribution in [3.8, 4) is 0 Å². The van der Waals surface area contributed by atoms with Gasteiger partial charge < -0.3 is 15.7 Å². The summed E-state index contributed by atoms with van der Waals surface area (Å²) in [4.78, 5) is 14.5. The normalized spacial score (nSPS) is 32.3. The Morgan fingerprint density at radius 2 is 1.89 bits per heavy atom. The Hall–Kier alpha value is -0.610. The highest BCUT2D eigenvalue weighted by molar-refractivity contribution is 5.77. The summed E-state index contributed by atoms with van der Waals surface area (Å²) in [5.41, 5.74) is 5.91. The third kappa shape index (κ3) is 4.18. The van der Waals surface area contributed by atoms with Crippen LogP contribution in [0.15, 0.2) is 0 Å². The maximum absolute atomic E-state index is 12.4. The number of carbonyl (C=O) groups is 1. The van der Waals surface area contributed by atoms with Crippen LogP contribution in [0.5, 0.6) is 0 Å². The fraction of sp³-hybridized carbons (Fsp3) is 0.933. The zero-order valence-corrected chi connectivity index (χ0v) is 11.9. The number of carbonyl (C=O) groups excluding carboxylic acids is 1. The predicted octanol–water partition coefficient (Wildman–Crippen LogP) is 1.66. The number of hydrogen-bond acceptors (Lipinski definition) is 3. The summed E-state index contributed by atoms with van der Waals surface area (Å²) in [6.45, 7) is 1.07. The zero-order chi connectivity index (χ0) is 13.7. The summed E-state index contributed by atoms with van der Waals surface area (Å²) in [5.74, 6) is 0.836. The molecule has 19 heavy (non-hydrogen) atoms. The van der Waals surface area contributed by atoms with Gasteiger partial charge in [-0.2, -0.15) is 0 Å². The summed E-state index contributed by atoms with van der Waals surface area (Å²) >= 11 is 0. The lowest BCUT2D eigenvalue weighted by atomic mass is 9.84. The molecule has 1 aliphatic carbocycles. The number of aliphatic hydroxyl groups excluding tert-OH is 1. The second-order valence-electron chi connectivity index (χ2n) is 6.23. The van der Waals surface area contributed by atoms with Crippen molar-refractivity contribution in [1.82, 2.24) is 4.90 Å². The molecule has 1 amide bonds. The fourth-order valence-corrected chi connectivity index (χ4v) is 3.53. The molecule has 4 heteroatoms. The Labute approximate surface area is 116 Å². The van der Waals surface area contributed by atoms with Gasteiger partial charge in [0.1, 0.15) is 0 Å². The van der Waals surface area contributed by atoms with E-state index in [1.807, 2.05) is 4.90 Å². The molecule has 1 unspecified atom stereocenters. The molecule has 1 heterocycles. The standard InChI is InChI=1S/C15H28N2O2/c16-13-6-4-12(5-7-13)11-15(19)17-9-2-1-3-14(17)8-10-18/h12-14,18H,1-11,16H2. The SMILES string of the molecule is NC1CCC(CC(=O)N2CCCCC2CCO)CC1. The van der Waals surface area contributed by atoms with E-state index in [-0.39, 0.29) is 12.6 Å². The van der Waals surface area contributed by atoms with E-state index in [0.29, 0.717) is 24.3 Å². The van der Waals surface area contributed by atoms with Crippen LogP contribution >= 0.6 is 0 Å². The van der Waals surface area contributed by atoms with E-state index >= 15 is 0 Å². The van der Waals surface area contributed by atoms with Crippen molar-refractivity contribution in [2.24, 2.45) is 11.7 Å². The van der Waals surface area contributed by atoms with Gasteiger partial charge in [-0.3, -0.25) is 4.79 Å². The monoisotopic (exact) mass is 268 g/mol. The molecule has 1 saturated heterocycles. The summed E-state index contributed by atoms with van der Waals surface area (Å²) in [6, 6.07) is 0.626. The van der Waals surface area contributed by atoms with Crippen LogP contribution in [-0.4, -0.2) is 41.1 Å². The summed E-state index contributed by atoms with van der Waals surface area (Å²) < 4.78 is 0. The van der Waals surface area contributed by atoms with Gasteiger partial charge in [0.15, 0.2) is 0 Å². The van der Waals surface area contributed by atoms with Crippen LogP contribution < -0.4 is 5.73 Å². The van der Waals surface area contributed by atoms with Crippen LogP contribution in [0.1, 0.15) is 57.8 Å². The molecular weight excluding hydrogens is 240 g/mol. The molecule has 1 aliphatic heterocycles. The van der Waals surface area contributed by atoms with Crippen LogP contribution in [0.3, 0.4) is 0 Å². The molecule has 1 saturated carbocycles. The van der Waals surface area contributed by atoms with Gasteiger partial charge in [0.2, 0.25) is 5.91 Å². The Balaban J connectivity index is 1.83. The Morgan fingerprint density at radius 3 is 2.58 bits per heavy atom. The second kappa shape index (κ2) is 7.25. The number of hydrogen-bond donors (Lipinski definition) is 2. The van der Waals surface area contributed by atoms with Gasteiger partial charge in [-0.25, -0.2) is 0 Å². The van der Waals surface area contributed by atoms with Gasteiger partial charge in [-0.15, -0.1) is 0 Å². The molecular formula is C15H28N2O2. The minimum absolute atomic E-state index is 0.187. The first-order chi connectivity index (χ1) is 9.20. The fourth-order valence-electron chi connectivity index (χ4n) is 3.53. The quantitative estimate of drug-likeness (QED) is 0.815. The Kier molecular flexibility index (Phi) is 5.64. The maximum Gasteiger partial charge on any atom is 0.223 e. The van der Waals surface area contributed by atoms with Crippen molar-refractivity contribution in [3.05, 3.63) is 0 Å². The number of amides is 1. The van der Waals surface area contributed by atoms with E-state index in [4.69, 9.17) is 10.8 Å². The van der Waals surface area contributed by atoms with Crippen molar-refractivity contribution in [1.29, 1.82) is 0 Å². The van der Waals surface area contributed by atoms with E-state index in [0.717, 1.165) is 51.5 Å². The summed E-state index contributed by atoms with van der Waals surface area (Å²) in [6.07, 6.45) is 9.13. The molecule has 4 nitrogen and oxygen atoms in total. The predicted molar refractivity (Wildman–Crippen MR) is 75.6 cm³/mol. The van der Waals surface area contributed by atoms with E-state index in [2.05, 4.69) is 0 Å². The molecule has 1 atom stereocenters. The number of nitrogens with two attached hydrogens (primary N) is 1.